The quantitative estimate of drug-likeness (QED) is 0.452. The van der Waals surface area contributed by atoms with Crippen molar-refractivity contribution in [2.75, 3.05) is 47.5 Å². The van der Waals surface area contributed by atoms with Crippen LogP contribution in [0.25, 0.3) is 28.2 Å². The van der Waals surface area contributed by atoms with Gasteiger partial charge in [-0.25, -0.2) is 4.72 Å². The molecular formula is C32H38N4O6S. The summed E-state index contributed by atoms with van der Waals surface area (Å²) in [6.07, 6.45) is 7.60. The van der Waals surface area contributed by atoms with Gasteiger partial charge in [-0.2, -0.15) is 12.7 Å². The predicted octanol–water partition coefficient (Wildman–Crippen LogP) is 4.16. The summed E-state index contributed by atoms with van der Waals surface area (Å²) >= 11 is 0. The monoisotopic (exact) mass is 606 g/mol. The zero-order chi connectivity index (χ0) is 30.3. The van der Waals surface area contributed by atoms with Gasteiger partial charge in [0.15, 0.2) is 0 Å². The first-order valence-corrected chi connectivity index (χ1v) is 16.3. The zero-order valence-electron chi connectivity index (χ0n) is 24.9. The molecule has 6 rings (SSSR count). The molecule has 1 saturated carbocycles. The van der Waals surface area contributed by atoms with E-state index in [0.717, 1.165) is 57.7 Å². The van der Waals surface area contributed by atoms with Gasteiger partial charge in [0.1, 0.15) is 5.75 Å². The highest BCUT2D eigenvalue weighted by atomic mass is 32.2. The molecule has 10 nitrogen and oxygen atoms in total. The lowest BCUT2D eigenvalue weighted by atomic mass is 9.81. The lowest BCUT2D eigenvalue weighted by Gasteiger charge is -2.28. The van der Waals surface area contributed by atoms with Gasteiger partial charge < -0.3 is 18.9 Å². The highest BCUT2D eigenvalue weighted by molar-refractivity contribution is 7.87. The van der Waals surface area contributed by atoms with E-state index in [0.29, 0.717) is 50.1 Å². The van der Waals surface area contributed by atoms with E-state index in [-0.39, 0.29) is 11.5 Å². The Morgan fingerprint density at radius 1 is 1.02 bits per heavy atom. The minimum absolute atomic E-state index is 0.0445. The molecular weight excluding hydrogens is 568 g/mol. The molecule has 1 aliphatic carbocycles. The van der Waals surface area contributed by atoms with Crippen molar-refractivity contribution in [1.29, 1.82) is 0 Å². The largest absolute Gasteiger partial charge is 0.497 e. The van der Waals surface area contributed by atoms with E-state index in [1.165, 1.54) is 26.1 Å². The van der Waals surface area contributed by atoms with E-state index in [1.807, 2.05) is 29.2 Å². The number of nitrogens with zero attached hydrogens (tertiary/aromatic N) is 3. The number of benzene rings is 2. The first-order valence-electron chi connectivity index (χ1n) is 14.8. The van der Waals surface area contributed by atoms with Crippen LogP contribution in [0.4, 0.5) is 0 Å². The molecule has 0 bridgehead atoms. The van der Waals surface area contributed by atoms with Crippen LogP contribution in [0.3, 0.4) is 0 Å². The number of hydrogen-bond acceptors (Lipinski definition) is 6. The molecule has 2 aliphatic heterocycles. The molecule has 1 aromatic heterocycles. The smallest absolute Gasteiger partial charge is 0.303 e. The van der Waals surface area contributed by atoms with Crippen molar-refractivity contribution in [3.8, 4) is 17.0 Å². The first-order chi connectivity index (χ1) is 20.7. The van der Waals surface area contributed by atoms with Gasteiger partial charge in [-0.1, -0.05) is 25.3 Å². The molecule has 2 fully saturated rings. The molecule has 2 aromatic carbocycles. The Morgan fingerprint density at radius 3 is 2.47 bits per heavy atom. The minimum atomic E-state index is -3.97. The second kappa shape index (κ2) is 11.8. The van der Waals surface area contributed by atoms with Crippen LogP contribution >= 0.6 is 0 Å². The van der Waals surface area contributed by atoms with Gasteiger partial charge in [-0.3, -0.25) is 9.59 Å². The number of hydrogen-bond donors (Lipinski definition) is 1. The number of amides is 2. The average Bonchev–Trinajstić information content (AvgIpc) is 3.23. The van der Waals surface area contributed by atoms with E-state index in [9.17, 15) is 18.0 Å². The SMILES string of the molecule is COc1ccc2c(c1)C=C(C(=O)N1CCOCC1)Cn1c-2c(C2CCCCC2)c2ccc(C(=O)NS(=O)(=O)N(C)C)cc21. The fourth-order valence-electron chi connectivity index (χ4n) is 6.55. The number of carbonyl (C=O) groups is 2. The molecule has 0 spiro atoms. The molecule has 0 radical (unpaired) electrons. The van der Waals surface area contributed by atoms with Crippen molar-refractivity contribution in [3.63, 3.8) is 0 Å². The Morgan fingerprint density at radius 2 is 1.77 bits per heavy atom. The van der Waals surface area contributed by atoms with Crippen molar-refractivity contribution in [3.05, 3.63) is 58.7 Å². The van der Waals surface area contributed by atoms with Crippen molar-refractivity contribution < 1.29 is 27.5 Å². The molecule has 3 aliphatic rings. The molecule has 1 N–H and O–H groups in total. The molecule has 0 unspecified atom stereocenters. The zero-order valence-corrected chi connectivity index (χ0v) is 25.7. The van der Waals surface area contributed by atoms with Crippen molar-refractivity contribution in [2.45, 2.75) is 44.6 Å². The maximum Gasteiger partial charge on any atom is 0.303 e. The van der Waals surface area contributed by atoms with Crippen molar-refractivity contribution in [1.82, 2.24) is 18.5 Å². The summed E-state index contributed by atoms with van der Waals surface area (Å²) in [5, 5.41) is 1.02. The topological polar surface area (TPSA) is 110 Å². The van der Waals surface area contributed by atoms with Gasteiger partial charge in [-0.05, 0) is 66.3 Å². The summed E-state index contributed by atoms with van der Waals surface area (Å²) in [6.45, 7) is 2.37. The number of morpholine rings is 1. The van der Waals surface area contributed by atoms with Gasteiger partial charge in [0.25, 0.3) is 11.8 Å². The number of fused-ring (bicyclic) bond motifs is 5. The highest BCUT2D eigenvalue weighted by Gasteiger charge is 2.32. The van der Waals surface area contributed by atoms with Crippen LogP contribution in [0.1, 0.15) is 59.5 Å². The molecule has 0 atom stereocenters. The van der Waals surface area contributed by atoms with Gasteiger partial charge in [0, 0.05) is 54.8 Å². The van der Waals surface area contributed by atoms with Gasteiger partial charge in [-0.15, -0.1) is 0 Å². The Hall–Kier alpha value is -3.67. The molecule has 1 saturated heterocycles. The molecule has 43 heavy (non-hydrogen) atoms. The van der Waals surface area contributed by atoms with E-state index in [2.05, 4.69) is 15.4 Å². The van der Waals surface area contributed by atoms with Crippen LogP contribution in [0.2, 0.25) is 0 Å². The van der Waals surface area contributed by atoms with E-state index in [4.69, 9.17) is 9.47 Å². The Kier molecular flexibility index (Phi) is 8.06. The number of nitrogens with one attached hydrogen (secondary N) is 1. The third-order valence-electron chi connectivity index (χ3n) is 8.83. The summed E-state index contributed by atoms with van der Waals surface area (Å²) in [7, 11) is 0.405. The lowest BCUT2D eigenvalue weighted by molar-refractivity contribution is -0.131. The predicted molar refractivity (Wildman–Crippen MR) is 165 cm³/mol. The molecule has 228 valence electrons. The summed E-state index contributed by atoms with van der Waals surface area (Å²) in [4.78, 5) is 29.0. The van der Waals surface area contributed by atoms with Gasteiger partial charge in [0.05, 0.1) is 32.6 Å². The molecule has 3 aromatic rings. The highest BCUT2D eigenvalue weighted by Crippen LogP contribution is 2.47. The summed E-state index contributed by atoms with van der Waals surface area (Å²) in [5.41, 5.74) is 5.84. The number of aromatic nitrogens is 1. The molecule has 3 heterocycles. The fraction of sp³-hybridized carbons (Fsp3) is 0.438. The van der Waals surface area contributed by atoms with Crippen LogP contribution in [0, 0.1) is 0 Å². The van der Waals surface area contributed by atoms with Gasteiger partial charge >= 0.3 is 10.2 Å². The number of rotatable bonds is 6. The second-order valence-corrected chi connectivity index (χ2v) is 13.5. The maximum absolute atomic E-state index is 13.9. The summed E-state index contributed by atoms with van der Waals surface area (Å²) < 4.78 is 41.2. The first kappa shape index (κ1) is 29.4. The van der Waals surface area contributed by atoms with E-state index >= 15 is 0 Å². The summed E-state index contributed by atoms with van der Waals surface area (Å²) in [6, 6.07) is 11.4. The Labute approximate surface area is 252 Å². The van der Waals surface area contributed by atoms with Crippen LogP contribution in [0.5, 0.6) is 5.75 Å². The average molecular weight is 607 g/mol. The number of carbonyl (C=O) groups excluding carboxylic acids is 2. The fourth-order valence-corrected chi connectivity index (χ4v) is 7.08. The number of methoxy groups -OCH3 is 1. The standard InChI is InChI=1S/C32H38N4O6S/c1-34(2)43(39,40)33-31(37)22-9-11-27-28(19-22)36-20-24(32(38)35-13-15-42-16-14-35)17-23-18-25(41-3)10-12-26(23)30(36)29(27)21-7-5-4-6-8-21/h9-12,17-19,21H,4-8,13-16,20H2,1-3H3,(H,33,37). The Bertz CT molecular complexity index is 1710. The normalized spacial score (nSPS) is 17.7. The number of ether oxygens (including phenoxy) is 2. The van der Waals surface area contributed by atoms with Crippen LogP contribution in [0.15, 0.2) is 42.0 Å². The van der Waals surface area contributed by atoms with Crippen LogP contribution in [-0.4, -0.2) is 81.5 Å². The Balaban J connectivity index is 1.56. The van der Waals surface area contributed by atoms with Crippen LogP contribution in [-0.2, 0) is 26.3 Å². The summed E-state index contributed by atoms with van der Waals surface area (Å²) in [5.74, 6) is 0.284. The third-order valence-corrected chi connectivity index (χ3v) is 10.2. The van der Waals surface area contributed by atoms with Crippen molar-refractivity contribution >= 4 is 39.0 Å². The maximum atomic E-state index is 13.9. The second-order valence-electron chi connectivity index (χ2n) is 11.7. The van der Waals surface area contributed by atoms with E-state index < -0.39 is 16.1 Å². The van der Waals surface area contributed by atoms with Crippen molar-refractivity contribution in [2.24, 2.45) is 0 Å². The van der Waals surface area contributed by atoms with Gasteiger partial charge in [0.2, 0.25) is 0 Å². The van der Waals surface area contributed by atoms with E-state index in [1.54, 1.807) is 19.2 Å². The molecule has 2 amide bonds. The van der Waals surface area contributed by atoms with Crippen LogP contribution < -0.4 is 9.46 Å². The molecule has 11 heteroatoms. The third kappa shape index (κ3) is 5.57. The lowest BCUT2D eigenvalue weighted by Crippen LogP contribution is -2.41. The minimum Gasteiger partial charge on any atom is -0.497 e.